The standard InChI is InChI=1S/C23H23N5O3/c1-14-4-5-21(26-9-14)17-6-18(8-20(7-17)28-16(3)13-31-23(28)30)22(29)27-12-19-11-24-15(2)10-25-19/h4-11,16H,12-13H2,1-3H3,(H,27,29)/t16-/m1/s1. The van der Waals surface area contributed by atoms with E-state index in [-0.39, 0.29) is 18.5 Å². The molecule has 0 bridgehead atoms. The molecule has 0 radical (unpaired) electrons. The SMILES string of the molecule is Cc1ccc(-c2cc(C(=O)NCc3cnc(C)cn3)cc(N3C(=O)OC[C@H]3C)c2)nc1. The van der Waals surface area contributed by atoms with Gasteiger partial charge in [-0.2, -0.15) is 0 Å². The van der Waals surface area contributed by atoms with Gasteiger partial charge in [0.05, 0.1) is 35.9 Å². The average molecular weight is 417 g/mol. The molecular formula is C23H23N5O3. The minimum atomic E-state index is -0.428. The number of cyclic esters (lactones) is 1. The molecule has 4 rings (SSSR count). The quantitative estimate of drug-likeness (QED) is 0.683. The van der Waals surface area contributed by atoms with Gasteiger partial charge in [0.2, 0.25) is 0 Å². The van der Waals surface area contributed by atoms with Crippen LogP contribution in [0.3, 0.4) is 0 Å². The molecule has 2 amide bonds. The first-order chi connectivity index (χ1) is 14.9. The Hall–Kier alpha value is -3.81. The molecule has 31 heavy (non-hydrogen) atoms. The normalized spacial score (nSPS) is 15.6. The summed E-state index contributed by atoms with van der Waals surface area (Å²) < 4.78 is 5.16. The number of aryl methyl sites for hydroxylation is 2. The molecule has 3 heterocycles. The maximum atomic E-state index is 12.9. The van der Waals surface area contributed by atoms with Crippen molar-refractivity contribution in [3.63, 3.8) is 0 Å². The number of ether oxygens (including phenoxy) is 1. The molecule has 1 N–H and O–H groups in total. The Balaban J connectivity index is 1.66. The Morgan fingerprint density at radius 3 is 2.61 bits per heavy atom. The van der Waals surface area contributed by atoms with Crippen LogP contribution in [0.15, 0.2) is 48.9 Å². The van der Waals surface area contributed by atoms with Gasteiger partial charge < -0.3 is 10.1 Å². The van der Waals surface area contributed by atoms with Crippen molar-refractivity contribution < 1.29 is 14.3 Å². The predicted octanol–water partition coefficient (Wildman–Crippen LogP) is 3.43. The van der Waals surface area contributed by atoms with Crippen molar-refractivity contribution in [2.45, 2.75) is 33.4 Å². The molecule has 0 aliphatic carbocycles. The van der Waals surface area contributed by atoms with Crippen molar-refractivity contribution in [1.82, 2.24) is 20.3 Å². The maximum absolute atomic E-state index is 12.9. The van der Waals surface area contributed by atoms with Crippen LogP contribution in [0.4, 0.5) is 10.5 Å². The number of aromatic nitrogens is 3. The summed E-state index contributed by atoms with van der Waals surface area (Å²) in [5.41, 5.74) is 4.97. The van der Waals surface area contributed by atoms with Gasteiger partial charge in [-0.25, -0.2) is 4.79 Å². The third-order valence-corrected chi connectivity index (χ3v) is 5.02. The number of rotatable bonds is 5. The van der Waals surface area contributed by atoms with Crippen LogP contribution in [0, 0.1) is 13.8 Å². The molecule has 8 nitrogen and oxygen atoms in total. The van der Waals surface area contributed by atoms with Crippen LogP contribution in [0.1, 0.15) is 34.2 Å². The van der Waals surface area contributed by atoms with Crippen LogP contribution < -0.4 is 10.2 Å². The molecule has 8 heteroatoms. The van der Waals surface area contributed by atoms with Crippen LogP contribution in [-0.2, 0) is 11.3 Å². The van der Waals surface area contributed by atoms with E-state index in [0.717, 1.165) is 16.8 Å². The van der Waals surface area contributed by atoms with Crippen LogP contribution >= 0.6 is 0 Å². The zero-order chi connectivity index (χ0) is 22.0. The van der Waals surface area contributed by atoms with Gasteiger partial charge in [-0.3, -0.25) is 24.6 Å². The van der Waals surface area contributed by atoms with Crippen molar-refractivity contribution >= 4 is 17.7 Å². The molecule has 1 aromatic carbocycles. The summed E-state index contributed by atoms with van der Waals surface area (Å²) >= 11 is 0. The lowest BCUT2D eigenvalue weighted by Gasteiger charge is -2.20. The van der Waals surface area contributed by atoms with Crippen molar-refractivity contribution in [1.29, 1.82) is 0 Å². The van der Waals surface area contributed by atoms with E-state index >= 15 is 0 Å². The van der Waals surface area contributed by atoms with Crippen LogP contribution in [0.5, 0.6) is 0 Å². The summed E-state index contributed by atoms with van der Waals surface area (Å²) in [5.74, 6) is -0.280. The highest BCUT2D eigenvalue weighted by Gasteiger charge is 2.31. The van der Waals surface area contributed by atoms with Crippen molar-refractivity contribution in [3.8, 4) is 11.3 Å². The molecule has 0 saturated carbocycles. The van der Waals surface area contributed by atoms with Crippen molar-refractivity contribution in [2.24, 2.45) is 0 Å². The van der Waals surface area contributed by atoms with E-state index < -0.39 is 6.09 Å². The molecular weight excluding hydrogens is 394 g/mol. The van der Waals surface area contributed by atoms with E-state index in [4.69, 9.17) is 4.74 Å². The first-order valence-electron chi connectivity index (χ1n) is 10.0. The van der Waals surface area contributed by atoms with Gasteiger partial charge in [-0.15, -0.1) is 0 Å². The maximum Gasteiger partial charge on any atom is 0.414 e. The molecule has 0 unspecified atom stereocenters. The number of benzene rings is 1. The van der Waals surface area contributed by atoms with Gasteiger partial charge in [-0.1, -0.05) is 6.07 Å². The number of nitrogens with zero attached hydrogens (tertiary/aromatic N) is 4. The van der Waals surface area contributed by atoms with E-state index in [0.29, 0.717) is 29.2 Å². The molecule has 2 aromatic heterocycles. The summed E-state index contributed by atoms with van der Waals surface area (Å²) in [6.45, 7) is 6.27. The van der Waals surface area contributed by atoms with Gasteiger partial charge in [-0.05, 0) is 50.6 Å². The highest BCUT2D eigenvalue weighted by molar-refractivity contribution is 5.99. The minimum absolute atomic E-state index is 0.132. The van der Waals surface area contributed by atoms with Crippen LogP contribution in [-0.4, -0.2) is 39.6 Å². The van der Waals surface area contributed by atoms with Gasteiger partial charge in [0.1, 0.15) is 6.61 Å². The zero-order valence-corrected chi connectivity index (χ0v) is 17.6. The fraction of sp³-hybridized carbons (Fsp3) is 0.261. The summed E-state index contributed by atoms with van der Waals surface area (Å²) in [6.07, 6.45) is 4.63. The summed E-state index contributed by atoms with van der Waals surface area (Å²) in [5, 5.41) is 2.87. The second kappa shape index (κ2) is 8.51. The molecule has 158 valence electrons. The Labute approximate surface area is 180 Å². The topological polar surface area (TPSA) is 97.3 Å². The molecule has 1 aliphatic heterocycles. The molecule has 3 aromatic rings. The molecule has 1 fully saturated rings. The number of carbonyl (C=O) groups excluding carboxylic acids is 2. The number of carbonyl (C=O) groups is 2. The summed E-state index contributed by atoms with van der Waals surface area (Å²) in [7, 11) is 0. The number of nitrogens with one attached hydrogen (secondary N) is 1. The van der Waals surface area contributed by atoms with Crippen molar-refractivity contribution in [2.75, 3.05) is 11.5 Å². The van der Waals surface area contributed by atoms with Crippen LogP contribution in [0.25, 0.3) is 11.3 Å². The third-order valence-electron chi connectivity index (χ3n) is 5.02. The van der Waals surface area contributed by atoms with E-state index in [1.165, 1.54) is 0 Å². The Morgan fingerprint density at radius 2 is 1.97 bits per heavy atom. The number of anilines is 1. The Bertz CT molecular complexity index is 1110. The third kappa shape index (κ3) is 4.53. The predicted molar refractivity (Wildman–Crippen MR) is 116 cm³/mol. The zero-order valence-electron chi connectivity index (χ0n) is 17.6. The minimum Gasteiger partial charge on any atom is -0.447 e. The van der Waals surface area contributed by atoms with Gasteiger partial charge in [0.25, 0.3) is 5.91 Å². The number of amides is 2. The monoisotopic (exact) mass is 417 g/mol. The second-order valence-electron chi connectivity index (χ2n) is 7.62. The number of pyridine rings is 1. The Kier molecular flexibility index (Phi) is 5.62. The Morgan fingerprint density at radius 1 is 1.13 bits per heavy atom. The lowest BCUT2D eigenvalue weighted by molar-refractivity contribution is 0.0950. The lowest BCUT2D eigenvalue weighted by atomic mass is 10.0. The van der Waals surface area contributed by atoms with Gasteiger partial charge in [0.15, 0.2) is 0 Å². The van der Waals surface area contributed by atoms with E-state index in [1.807, 2.05) is 39.0 Å². The van der Waals surface area contributed by atoms with Crippen molar-refractivity contribution in [3.05, 3.63) is 71.4 Å². The molecule has 1 atom stereocenters. The highest BCUT2D eigenvalue weighted by atomic mass is 16.6. The van der Waals surface area contributed by atoms with Gasteiger partial charge in [0, 0.05) is 29.2 Å². The second-order valence-corrected chi connectivity index (χ2v) is 7.62. The average Bonchev–Trinajstić information content (AvgIpc) is 3.11. The van der Waals surface area contributed by atoms with E-state index in [2.05, 4.69) is 20.3 Å². The fourth-order valence-corrected chi connectivity index (χ4v) is 3.33. The first kappa shape index (κ1) is 20.5. The highest BCUT2D eigenvalue weighted by Crippen LogP contribution is 2.30. The smallest absolute Gasteiger partial charge is 0.414 e. The van der Waals surface area contributed by atoms with E-state index in [9.17, 15) is 9.59 Å². The molecule has 0 spiro atoms. The first-order valence-corrected chi connectivity index (χ1v) is 10.0. The molecule has 1 aliphatic rings. The van der Waals surface area contributed by atoms with Gasteiger partial charge >= 0.3 is 6.09 Å². The summed E-state index contributed by atoms with van der Waals surface area (Å²) in [4.78, 5) is 39.7. The number of hydrogen-bond donors (Lipinski definition) is 1. The number of hydrogen-bond acceptors (Lipinski definition) is 6. The largest absolute Gasteiger partial charge is 0.447 e. The molecule has 1 saturated heterocycles. The summed E-state index contributed by atoms with van der Waals surface area (Å²) in [6, 6.07) is 9.03. The fourth-order valence-electron chi connectivity index (χ4n) is 3.33. The van der Waals surface area contributed by atoms with Crippen LogP contribution in [0.2, 0.25) is 0 Å². The van der Waals surface area contributed by atoms with E-state index in [1.54, 1.807) is 35.6 Å². The lowest BCUT2D eigenvalue weighted by Crippen LogP contribution is -2.31.